The lowest BCUT2D eigenvalue weighted by Gasteiger charge is -2.04. The topological polar surface area (TPSA) is 46.9 Å². The highest BCUT2D eigenvalue weighted by Crippen LogP contribution is 2.21. The van der Waals surface area contributed by atoms with Crippen molar-refractivity contribution in [2.75, 3.05) is 6.54 Å². The van der Waals surface area contributed by atoms with Gasteiger partial charge in [-0.1, -0.05) is 41.7 Å². The molecule has 0 aliphatic rings. The fourth-order valence-corrected chi connectivity index (χ4v) is 3.34. The number of aryl methyl sites for hydroxylation is 2. The van der Waals surface area contributed by atoms with Crippen molar-refractivity contribution in [2.24, 2.45) is 0 Å². The lowest BCUT2D eigenvalue weighted by molar-refractivity contribution is 0.0956. The summed E-state index contributed by atoms with van der Waals surface area (Å²) in [4.78, 5) is 17.5. The Morgan fingerprint density at radius 1 is 1.17 bits per heavy atom. The molecular weight excluding hydrogens is 306 g/mol. The number of carbonyl (C=O) groups is 1. The number of thiazole rings is 1. The summed E-state index contributed by atoms with van der Waals surface area (Å²) >= 11 is 1.42. The van der Waals surface area contributed by atoms with Gasteiger partial charge in [-0.2, -0.15) is 0 Å². The van der Waals surface area contributed by atoms with Crippen molar-refractivity contribution in [3.63, 3.8) is 0 Å². The average molecular weight is 325 g/mol. The highest BCUT2D eigenvalue weighted by molar-refractivity contribution is 7.16. The summed E-state index contributed by atoms with van der Waals surface area (Å²) < 4.78 is 1.92. The Labute approximate surface area is 139 Å². The summed E-state index contributed by atoms with van der Waals surface area (Å²) in [5, 5.41) is 3.81. The zero-order chi connectivity index (χ0) is 16.1. The fraction of sp³-hybridized carbons (Fsp3) is 0.222. The van der Waals surface area contributed by atoms with Crippen LogP contribution >= 0.6 is 11.3 Å². The van der Waals surface area contributed by atoms with Crippen molar-refractivity contribution < 1.29 is 4.79 Å². The summed E-state index contributed by atoms with van der Waals surface area (Å²) in [7, 11) is 0. The number of hydrogen-bond donors (Lipinski definition) is 1. The molecule has 1 N–H and O–H groups in total. The predicted octanol–water partition coefficient (Wildman–Crippen LogP) is 3.60. The van der Waals surface area contributed by atoms with Crippen LogP contribution in [0.1, 0.15) is 27.3 Å². The third-order valence-corrected chi connectivity index (χ3v) is 4.76. The number of nitrogens with one attached hydrogen (secondary N) is 1. The molecule has 0 atom stereocenters. The Hall–Kier alpha value is -2.40. The first-order chi connectivity index (χ1) is 11.2. The molecule has 1 amide bonds. The third-order valence-electron chi connectivity index (χ3n) is 3.59. The van der Waals surface area contributed by atoms with E-state index in [1.165, 1.54) is 16.9 Å². The van der Waals surface area contributed by atoms with Crippen molar-refractivity contribution in [3.05, 3.63) is 71.0 Å². The zero-order valence-electron chi connectivity index (χ0n) is 13.0. The summed E-state index contributed by atoms with van der Waals surface area (Å²) in [6.07, 6.45) is 5.76. The van der Waals surface area contributed by atoms with Crippen molar-refractivity contribution in [1.29, 1.82) is 0 Å². The monoisotopic (exact) mass is 325 g/mol. The number of hydrogen-bond acceptors (Lipinski definition) is 3. The summed E-state index contributed by atoms with van der Waals surface area (Å²) in [5.74, 6) is -0.0357. The van der Waals surface area contributed by atoms with Crippen LogP contribution in [-0.4, -0.2) is 22.0 Å². The maximum Gasteiger partial charge on any atom is 0.263 e. The number of rotatable bonds is 6. The first kappa shape index (κ1) is 15.5. The standard InChI is InChI=1S/C18H19N3OS/c1-14-16(23-18(20-14)21-12-5-6-13-21)17(22)19-11-7-10-15-8-3-2-4-9-15/h2-6,8-9,12-13H,7,10-11H2,1H3,(H,19,22). The van der Waals surface area contributed by atoms with E-state index in [1.54, 1.807) is 0 Å². The second kappa shape index (κ2) is 7.24. The normalized spacial score (nSPS) is 10.7. The van der Waals surface area contributed by atoms with Crippen LogP contribution in [0.3, 0.4) is 0 Å². The van der Waals surface area contributed by atoms with Crippen LogP contribution in [0.25, 0.3) is 5.13 Å². The molecule has 23 heavy (non-hydrogen) atoms. The van der Waals surface area contributed by atoms with E-state index in [4.69, 9.17) is 0 Å². The second-order valence-electron chi connectivity index (χ2n) is 5.35. The van der Waals surface area contributed by atoms with Gasteiger partial charge in [0, 0.05) is 18.9 Å². The van der Waals surface area contributed by atoms with E-state index in [0.29, 0.717) is 11.4 Å². The number of aromatic nitrogens is 2. The minimum atomic E-state index is -0.0357. The van der Waals surface area contributed by atoms with Crippen LogP contribution in [0.5, 0.6) is 0 Å². The molecule has 0 spiro atoms. The van der Waals surface area contributed by atoms with Gasteiger partial charge >= 0.3 is 0 Å². The molecule has 0 bridgehead atoms. The molecule has 0 aliphatic heterocycles. The molecule has 5 heteroatoms. The van der Waals surface area contributed by atoms with Gasteiger partial charge < -0.3 is 9.88 Å². The minimum absolute atomic E-state index is 0.0357. The lowest BCUT2D eigenvalue weighted by atomic mass is 10.1. The maximum atomic E-state index is 12.3. The summed E-state index contributed by atoms with van der Waals surface area (Å²) in [6.45, 7) is 2.55. The molecule has 0 saturated carbocycles. The molecule has 0 fully saturated rings. The van der Waals surface area contributed by atoms with Gasteiger partial charge in [-0.3, -0.25) is 4.79 Å². The molecule has 2 heterocycles. The van der Waals surface area contributed by atoms with E-state index in [9.17, 15) is 4.79 Å². The van der Waals surface area contributed by atoms with Gasteiger partial charge in [0.2, 0.25) is 0 Å². The quantitative estimate of drug-likeness (QED) is 0.704. The van der Waals surface area contributed by atoms with E-state index in [1.807, 2.05) is 54.2 Å². The van der Waals surface area contributed by atoms with Gasteiger partial charge in [-0.25, -0.2) is 4.98 Å². The van der Waals surface area contributed by atoms with Crippen molar-refractivity contribution in [3.8, 4) is 5.13 Å². The van der Waals surface area contributed by atoms with Gasteiger partial charge in [-0.15, -0.1) is 0 Å². The summed E-state index contributed by atoms with van der Waals surface area (Å²) in [6, 6.07) is 14.2. The number of amides is 1. The maximum absolute atomic E-state index is 12.3. The number of nitrogens with zero attached hydrogens (tertiary/aromatic N) is 2. The van der Waals surface area contributed by atoms with Crippen LogP contribution < -0.4 is 5.32 Å². The van der Waals surface area contributed by atoms with Crippen LogP contribution in [0.2, 0.25) is 0 Å². The first-order valence-electron chi connectivity index (χ1n) is 7.67. The first-order valence-corrected chi connectivity index (χ1v) is 8.48. The van der Waals surface area contributed by atoms with Gasteiger partial charge in [0.05, 0.1) is 5.69 Å². The molecule has 3 rings (SSSR count). The Morgan fingerprint density at radius 2 is 1.91 bits per heavy atom. The Morgan fingerprint density at radius 3 is 2.65 bits per heavy atom. The van der Waals surface area contributed by atoms with E-state index >= 15 is 0 Å². The fourth-order valence-electron chi connectivity index (χ4n) is 2.38. The largest absolute Gasteiger partial charge is 0.351 e. The Bertz CT molecular complexity index is 763. The lowest BCUT2D eigenvalue weighted by Crippen LogP contribution is -2.24. The highest BCUT2D eigenvalue weighted by Gasteiger charge is 2.15. The average Bonchev–Trinajstić information content (AvgIpc) is 3.21. The molecule has 0 radical (unpaired) electrons. The number of carbonyl (C=O) groups excluding carboxylic acids is 1. The van der Waals surface area contributed by atoms with E-state index in [2.05, 4.69) is 22.4 Å². The molecule has 1 aromatic carbocycles. The van der Waals surface area contributed by atoms with Crippen LogP contribution in [0.15, 0.2) is 54.9 Å². The van der Waals surface area contributed by atoms with Crippen molar-refractivity contribution in [2.45, 2.75) is 19.8 Å². The summed E-state index contributed by atoms with van der Waals surface area (Å²) in [5.41, 5.74) is 2.07. The molecule has 4 nitrogen and oxygen atoms in total. The molecule has 2 aromatic heterocycles. The third kappa shape index (κ3) is 3.87. The van der Waals surface area contributed by atoms with Gasteiger partial charge in [0.25, 0.3) is 5.91 Å². The molecular formula is C18H19N3OS. The van der Waals surface area contributed by atoms with Crippen molar-refractivity contribution >= 4 is 17.2 Å². The Balaban J connectivity index is 1.54. The van der Waals surface area contributed by atoms with E-state index < -0.39 is 0 Å². The van der Waals surface area contributed by atoms with Gasteiger partial charge in [0.1, 0.15) is 4.88 Å². The molecule has 0 aliphatic carbocycles. The van der Waals surface area contributed by atoms with Crippen LogP contribution in [0.4, 0.5) is 0 Å². The zero-order valence-corrected chi connectivity index (χ0v) is 13.8. The van der Waals surface area contributed by atoms with Gasteiger partial charge in [-0.05, 0) is 37.5 Å². The molecule has 0 unspecified atom stereocenters. The van der Waals surface area contributed by atoms with Crippen LogP contribution in [0, 0.1) is 6.92 Å². The SMILES string of the molecule is Cc1nc(-n2cccc2)sc1C(=O)NCCCc1ccccc1. The number of benzene rings is 1. The predicted molar refractivity (Wildman–Crippen MR) is 93.3 cm³/mol. The van der Waals surface area contributed by atoms with E-state index in [0.717, 1.165) is 23.7 Å². The Kier molecular flexibility index (Phi) is 4.88. The smallest absolute Gasteiger partial charge is 0.263 e. The highest BCUT2D eigenvalue weighted by atomic mass is 32.1. The molecule has 0 saturated heterocycles. The van der Waals surface area contributed by atoms with Crippen molar-refractivity contribution in [1.82, 2.24) is 14.9 Å². The molecule has 118 valence electrons. The van der Waals surface area contributed by atoms with Gasteiger partial charge in [0.15, 0.2) is 5.13 Å². The van der Waals surface area contributed by atoms with E-state index in [-0.39, 0.29) is 5.91 Å². The minimum Gasteiger partial charge on any atom is -0.351 e. The second-order valence-corrected chi connectivity index (χ2v) is 6.32. The van der Waals surface area contributed by atoms with Crippen LogP contribution in [-0.2, 0) is 6.42 Å². The molecule has 3 aromatic rings.